The van der Waals surface area contributed by atoms with E-state index in [0.717, 1.165) is 25.0 Å². The van der Waals surface area contributed by atoms with Crippen LogP contribution in [0.5, 0.6) is 0 Å². The summed E-state index contributed by atoms with van der Waals surface area (Å²) in [6.45, 7) is 4.47. The highest BCUT2D eigenvalue weighted by atomic mass is 16.3. The van der Waals surface area contributed by atoms with E-state index in [1.165, 1.54) is 6.08 Å². The van der Waals surface area contributed by atoms with Gasteiger partial charge in [0.1, 0.15) is 6.23 Å². The van der Waals surface area contributed by atoms with Crippen LogP contribution in [-0.4, -0.2) is 28.7 Å². The molecule has 4 heteroatoms. The van der Waals surface area contributed by atoms with Gasteiger partial charge in [0.15, 0.2) is 0 Å². The Morgan fingerprint density at radius 3 is 2.67 bits per heavy atom. The molecule has 1 rings (SSSR count). The molecule has 1 aliphatic heterocycles. The SMILES string of the molecule is C=C1C=CC(=O)N1CCCCCC(N)O. The van der Waals surface area contributed by atoms with Crippen molar-refractivity contribution >= 4 is 5.91 Å². The molecule has 1 atom stereocenters. The zero-order chi connectivity index (χ0) is 11.3. The number of aliphatic hydroxyl groups excluding tert-OH is 1. The Kier molecular flexibility index (Phi) is 4.52. The fourth-order valence-corrected chi connectivity index (χ4v) is 1.54. The van der Waals surface area contributed by atoms with Crippen LogP contribution in [0.2, 0.25) is 0 Å². The fourth-order valence-electron chi connectivity index (χ4n) is 1.54. The van der Waals surface area contributed by atoms with Gasteiger partial charge in [-0.1, -0.05) is 13.0 Å². The van der Waals surface area contributed by atoms with Crippen molar-refractivity contribution in [2.45, 2.75) is 31.9 Å². The molecule has 4 nitrogen and oxygen atoms in total. The maximum absolute atomic E-state index is 11.3. The van der Waals surface area contributed by atoms with Gasteiger partial charge in [-0.15, -0.1) is 0 Å². The molecular weight excluding hydrogens is 192 g/mol. The maximum Gasteiger partial charge on any atom is 0.251 e. The van der Waals surface area contributed by atoms with Crippen molar-refractivity contribution in [1.82, 2.24) is 4.90 Å². The van der Waals surface area contributed by atoms with Crippen LogP contribution in [0.1, 0.15) is 25.7 Å². The van der Waals surface area contributed by atoms with Crippen LogP contribution in [-0.2, 0) is 4.79 Å². The Labute approximate surface area is 90.1 Å². The van der Waals surface area contributed by atoms with Crippen LogP contribution in [0.4, 0.5) is 0 Å². The van der Waals surface area contributed by atoms with Crippen molar-refractivity contribution < 1.29 is 9.90 Å². The van der Waals surface area contributed by atoms with E-state index in [0.29, 0.717) is 13.0 Å². The standard InChI is InChI=1S/C11H18N2O2/c1-9-6-7-11(15)13(9)8-4-2-3-5-10(12)14/h6-7,10,14H,1-5,8,12H2. The Morgan fingerprint density at radius 1 is 1.40 bits per heavy atom. The lowest BCUT2D eigenvalue weighted by molar-refractivity contribution is -0.123. The lowest BCUT2D eigenvalue weighted by atomic mass is 10.2. The van der Waals surface area contributed by atoms with Crippen LogP contribution < -0.4 is 5.73 Å². The molecule has 0 saturated heterocycles. The summed E-state index contributed by atoms with van der Waals surface area (Å²) in [6.07, 6.45) is 5.94. The number of hydrogen-bond acceptors (Lipinski definition) is 3. The first-order chi connectivity index (χ1) is 7.11. The monoisotopic (exact) mass is 210 g/mol. The van der Waals surface area contributed by atoms with Gasteiger partial charge in [0.2, 0.25) is 0 Å². The van der Waals surface area contributed by atoms with Crippen LogP contribution in [0.15, 0.2) is 24.4 Å². The molecule has 1 amide bonds. The van der Waals surface area contributed by atoms with E-state index in [4.69, 9.17) is 10.8 Å². The molecule has 0 aromatic rings. The number of aliphatic hydroxyl groups is 1. The van der Waals surface area contributed by atoms with Gasteiger partial charge in [0, 0.05) is 18.3 Å². The average molecular weight is 210 g/mol. The number of nitrogens with zero attached hydrogens (tertiary/aromatic N) is 1. The number of rotatable bonds is 6. The zero-order valence-corrected chi connectivity index (χ0v) is 8.85. The molecule has 15 heavy (non-hydrogen) atoms. The third kappa shape index (κ3) is 3.85. The highest BCUT2D eigenvalue weighted by molar-refractivity contribution is 5.92. The molecule has 0 radical (unpaired) electrons. The van der Waals surface area contributed by atoms with Gasteiger partial charge >= 0.3 is 0 Å². The highest BCUT2D eigenvalue weighted by Gasteiger charge is 2.17. The summed E-state index contributed by atoms with van der Waals surface area (Å²) >= 11 is 0. The first-order valence-corrected chi connectivity index (χ1v) is 5.23. The summed E-state index contributed by atoms with van der Waals surface area (Å²) in [4.78, 5) is 12.9. The zero-order valence-electron chi connectivity index (χ0n) is 8.85. The van der Waals surface area contributed by atoms with Gasteiger partial charge in [-0.25, -0.2) is 0 Å². The molecule has 3 N–H and O–H groups in total. The number of carbonyl (C=O) groups excluding carboxylic acids is 1. The van der Waals surface area contributed by atoms with Crippen LogP contribution in [0, 0.1) is 0 Å². The number of nitrogens with two attached hydrogens (primary N) is 1. The van der Waals surface area contributed by atoms with Gasteiger partial charge < -0.3 is 15.7 Å². The number of amides is 1. The molecule has 0 fully saturated rings. The number of unbranched alkanes of at least 4 members (excludes halogenated alkanes) is 2. The fraction of sp³-hybridized carbons (Fsp3) is 0.545. The quantitative estimate of drug-likeness (QED) is 0.502. The second kappa shape index (κ2) is 5.68. The first-order valence-electron chi connectivity index (χ1n) is 5.23. The topological polar surface area (TPSA) is 66.6 Å². The molecular formula is C11H18N2O2. The molecule has 0 spiro atoms. The van der Waals surface area contributed by atoms with Crippen molar-refractivity contribution in [2.75, 3.05) is 6.54 Å². The van der Waals surface area contributed by atoms with Gasteiger partial charge in [-0.3, -0.25) is 4.79 Å². The molecule has 0 bridgehead atoms. The smallest absolute Gasteiger partial charge is 0.251 e. The minimum atomic E-state index is -0.713. The molecule has 1 unspecified atom stereocenters. The molecule has 0 aliphatic carbocycles. The molecule has 84 valence electrons. The van der Waals surface area contributed by atoms with E-state index in [-0.39, 0.29) is 5.91 Å². The Morgan fingerprint density at radius 2 is 2.13 bits per heavy atom. The van der Waals surface area contributed by atoms with E-state index >= 15 is 0 Å². The average Bonchev–Trinajstić information content (AvgIpc) is 2.47. The van der Waals surface area contributed by atoms with E-state index in [1.807, 2.05) is 0 Å². The summed E-state index contributed by atoms with van der Waals surface area (Å²) in [5, 5.41) is 8.84. The normalized spacial score (nSPS) is 17.6. The van der Waals surface area contributed by atoms with E-state index in [1.54, 1.807) is 11.0 Å². The Bertz CT molecular complexity index is 254. The lowest BCUT2D eigenvalue weighted by Crippen LogP contribution is -2.24. The van der Waals surface area contributed by atoms with E-state index < -0.39 is 6.23 Å². The predicted octanol–water partition coefficient (Wildman–Crippen LogP) is 0.736. The van der Waals surface area contributed by atoms with Gasteiger partial charge in [-0.05, 0) is 25.3 Å². The Hall–Kier alpha value is -1.13. The summed E-state index contributed by atoms with van der Waals surface area (Å²) < 4.78 is 0. The second-order valence-electron chi connectivity index (χ2n) is 3.73. The maximum atomic E-state index is 11.3. The van der Waals surface area contributed by atoms with Crippen LogP contribution >= 0.6 is 0 Å². The number of hydrogen-bond donors (Lipinski definition) is 2. The van der Waals surface area contributed by atoms with Crippen molar-refractivity contribution in [3.8, 4) is 0 Å². The van der Waals surface area contributed by atoms with Crippen molar-refractivity contribution in [3.63, 3.8) is 0 Å². The van der Waals surface area contributed by atoms with Crippen LogP contribution in [0.3, 0.4) is 0 Å². The van der Waals surface area contributed by atoms with Gasteiger partial charge in [0.25, 0.3) is 5.91 Å². The molecule has 1 heterocycles. The minimum absolute atomic E-state index is 0.0128. The number of allylic oxidation sites excluding steroid dienone is 1. The second-order valence-corrected chi connectivity index (χ2v) is 3.73. The predicted molar refractivity (Wildman–Crippen MR) is 58.7 cm³/mol. The van der Waals surface area contributed by atoms with E-state index in [9.17, 15) is 4.79 Å². The lowest BCUT2D eigenvalue weighted by Gasteiger charge is -2.16. The van der Waals surface area contributed by atoms with Gasteiger partial charge in [-0.2, -0.15) is 0 Å². The summed E-state index contributed by atoms with van der Waals surface area (Å²) in [5.41, 5.74) is 5.97. The summed E-state index contributed by atoms with van der Waals surface area (Å²) in [5.74, 6) is 0.0128. The third-order valence-corrected chi connectivity index (χ3v) is 2.41. The number of carbonyl (C=O) groups is 1. The molecule has 0 aromatic heterocycles. The Balaban J connectivity index is 2.10. The third-order valence-electron chi connectivity index (χ3n) is 2.41. The van der Waals surface area contributed by atoms with Gasteiger partial charge in [0.05, 0.1) is 0 Å². The molecule has 0 saturated carbocycles. The summed E-state index contributed by atoms with van der Waals surface area (Å²) in [6, 6.07) is 0. The van der Waals surface area contributed by atoms with Crippen molar-refractivity contribution in [2.24, 2.45) is 5.73 Å². The van der Waals surface area contributed by atoms with E-state index in [2.05, 4.69) is 6.58 Å². The largest absolute Gasteiger partial charge is 0.379 e. The molecule has 1 aliphatic rings. The first kappa shape index (κ1) is 11.9. The minimum Gasteiger partial charge on any atom is -0.379 e. The summed E-state index contributed by atoms with van der Waals surface area (Å²) in [7, 11) is 0. The molecule has 0 aromatic carbocycles. The van der Waals surface area contributed by atoms with Crippen LogP contribution in [0.25, 0.3) is 0 Å². The van der Waals surface area contributed by atoms with Crippen molar-refractivity contribution in [3.05, 3.63) is 24.4 Å². The van der Waals surface area contributed by atoms with Crippen molar-refractivity contribution in [1.29, 1.82) is 0 Å². The highest BCUT2D eigenvalue weighted by Crippen LogP contribution is 2.14.